The predicted octanol–water partition coefficient (Wildman–Crippen LogP) is 5.80. The number of nitrogens with one attached hydrogen (secondary N) is 1. The molecule has 1 atom stereocenters. The summed E-state index contributed by atoms with van der Waals surface area (Å²) in [6.45, 7) is 10.8. The van der Waals surface area contributed by atoms with Crippen molar-refractivity contribution in [1.82, 2.24) is 19.9 Å². The number of carbonyl (C=O) groups excluding carboxylic acids is 1. The van der Waals surface area contributed by atoms with Gasteiger partial charge in [0.05, 0.1) is 17.9 Å². The normalized spacial score (nSPS) is 13.9. The molecule has 1 aliphatic rings. The molecule has 0 radical (unpaired) electrons. The molecule has 226 valence electrons. The highest BCUT2D eigenvalue weighted by Gasteiger charge is 2.35. The minimum atomic E-state index is -1.47. The number of benzene rings is 2. The largest absolute Gasteiger partial charge is 0.490 e. The van der Waals surface area contributed by atoms with E-state index < -0.39 is 29.4 Å². The maximum Gasteiger partial charge on any atom is 0.337 e. The van der Waals surface area contributed by atoms with E-state index in [0.29, 0.717) is 53.0 Å². The Hall–Kier alpha value is -4.38. The molecule has 2 N–H and O–H groups in total. The molecule has 5 rings (SSSR count). The zero-order chi connectivity index (χ0) is 31.2. The number of carboxylic acids is 1. The van der Waals surface area contributed by atoms with Gasteiger partial charge in [-0.05, 0) is 83.2 Å². The van der Waals surface area contributed by atoms with Crippen LogP contribution in [0.4, 0.5) is 8.78 Å². The molecule has 1 unspecified atom stereocenters. The number of aromatic nitrogens is 3. The van der Waals surface area contributed by atoms with Crippen molar-refractivity contribution in [3.05, 3.63) is 81.2 Å². The van der Waals surface area contributed by atoms with Gasteiger partial charge in [0, 0.05) is 35.0 Å². The van der Waals surface area contributed by atoms with E-state index in [4.69, 9.17) is 9.47 Å². The Morgan fingerprint density at radius 3 is 2.56 bits per heavy atom. The third kappa shape index (κ3) is 5.94. The lowest BCUT2D eigenvalue weighted by atomic mass is 9.91. The van der Waals surface area contributed by atoms with E-state index in [-0.39, 0.29) is 40.7 Å². The van der Waals surface area contributed by atoms with Crippen molar-refractivity contribution in [2.75, 3.05) is 6.61 Å². The smallest absolute Gasteiger partial charge is 0.337 e. The fraction of sp³-hybridized carbons (Fsp3) is 0.375. The molecule has 11 heteroatoms. The van der Waals surface area contributed by atoms with Crippen molar-refractivity contribution in [1.29, 1.82) is 0 Å². The molecular formula is C32H34F2N4O5. The van der Waals surface area contributed by atoms with E-state index >= 15 is 4.39 Å². The number of hydrogen-bond donors (Lipinski definition) is 2. The third-order valence-electron chi connectivity index (χ3n) is 7.40. The first kappa shape index (κ1) is 30.1. The molecule has 1 amide bonds. The number of rotatable bonds is 7. The highest BCUT2D eigenvalue weighted by atomic mass is 19.1. The predicted molar refractivity (Wildman–Crippen MR) is 155 cm³/mol. The molecule has 0 bridgehead atoms. The number of halogens is 2. The molecule has 0 fully saturated rings. The zero-order valence-corrected chi connectivity index (χ0v) is 25.0. The molecule has 3 heterocycles. The van der Waals surface area contributed by atoms with E-state index in [1.807, 2.05) is 6.92 Å². The average Bonchev–Trinajstić information content (AvgIpc) is 3.37. The summed E-state index contributed by atoms with van der Waals surface area (Å²) in [5.41, 5.74) is 3.03. The number of fused-ring (bicyclic) bond motifs is 2. The lowest BCUT2D eigenvalue weighted by Gasteiger charge is -2.28. The zero-order valence-electron chi connectivity index (χ0n) is 25.0. The highest BCUT2D eigenvalue weighted by molar-refractivity contribution is 5.93. The van der Waals surface area contributed by atoms with Gasteiger partial charge in [0.25, 0.3) is 5.91 Å². The second kappa shape index (κ2) is 11.4. The molecule has 1 aliphatic heterocycles. The van der Waals surface area contributed by atoms with Gasteiger partial charge < -0.3 is 19.9 Å². The van der Waals surface area contributed by atoms with Crippen LogP contribution in [0, 0.1) is 32.4 Å². The number of carbonyl (C=O) groups is 2. The monoisotopic (exact) mass is 592 g/mol. The number of aryl methyl sites for hydroxylation is 2. The van der Waals surface area contributed by atoms with Gasteiger partial charge in [-0.1, -0.05) is 12.1 Å². The van der Waals surface area contributed by atoms with Crippen LogP contribution in [0.1, 0.15) is 77.3 Å². The van der Waals surface area contributed by atoms with Gasteiger partial charge in [-0.25, -0.2) is 23.1 Å². The first-order valence-electron chi connectivity index (χ1n) is 14.0. The van der Waals surface area contributed by atoms with E-state index in [1.165, 1.54) is 22.7 Å². The van der Waals surface area contributed by atoms with Crippen LogP contribution >= 0.6 is 0 Å². The summed E-state index contributed by atoms with van der Waals surface area (Å²) in [6.07, 6.45) is -0.183. The van der Waals surface area contributed by atoms with E-state index in [9.17, 15) is 19.1 Å². The number of aliphatic carboxylic acids is 1. The molecule has 0 aliphatic carbocycles. The topological polar surface area (TPSA) is 115 Å². The maximum absolute atomic E-state index is 15.5. The van der Waals surface area contributed by atoms with Crippen LogP contribution in [0.5, 0.6) is 5.75 Å². The summed E-state index contributed by atoms with van der Waals surface area (Å²) in [4.78, 5) is 30.4. The number of carboxylic acid groups (broad SMARTS) is 1. The minimum absolute atomic E-state index is 0.000849. The number of ether oxygens (including phenoxy) is 2. The van der Waals surface area contributed by atoms with Crippen molar-refractivity contribution in [2.45, 2.75) is 72.6 Å². The van der Waals surface area contributed by atoms with Gasteiger partial charge in [0.2, 0.25) is 0 Å². The van der Waals surface area contributed by atoms with Crippen LogP contribution in [-0.2, 0) is 22.5 Å². The van der Waals surface area contributed by atoms with Gasteiger partial charge in [-0.3, -0.25) is 4.79 Å². The van der Waals surface area contributed by atoms with E-state index in [0.717, 1.165) is 0 Å². The van der Waals surface area contributed by atoms with Crippen LogP contribution in [0.15, 0.2) is 30.3 Å². The second-order valence-corrected chi connectivity index (χ2v) is 11.8. The minimum Gasteiger partial charge on any atom is -0.490 e. The SMILES string of the molecule is Cc1ccc(CNC(=O)c2cc3nc(C)c(C(OC(C)(C)C)C(=O)O)c(-c4cc(F)c5c(c4C)CCCO5)n3n2)cc1F. The molecular weight excluding hydrogens is 558 g/mol. The van der Waals surface area contributed by atoms with Gasteiger partial charge in [-0.15, -0.1) is 0 Å². The quantitative estimate of drug-likeness (QED) is 0.279. The van der Waals surface area contributed by atoms with Crippen LogP contribution in [-0.4, -0.2) is 43.8 Å². The van der Waals surface area contributed by atoms with Crippen molar-refractivity contribution in [2.24, 2.45) is 0 Å². The summed E-state index contributed by atoms with van der Waals surface area (Å²) < 4.78 is 42.5. The van der Waals surface area contributed by atoms with Crippen LogP contribution < -0.4 is 10.1 Å². The Kier molecular flexibility index (Phi) is 7.95. The fourth-order valence-electron chi connectivity index (χ4n) is 5.33. The maximum atomic E-state index is 15.5. The number of amides is 1. The first-order chi connectivity index (χ1) is 20.2. The summed E-state index contributed by atoms with van der Waals surface area (Å²) in [6, 6.07) is 7.48. The van der Waals surface area contributed by atoms with Crippen molar-refractivity contribution in [3.8, 4) is 17.0 Å². The van der Waals surface area contributed by atoms with Crippen molar-refractivity contribution < 1.29 is 33.0 Å². The Bertz CT molecular complexity index is 1760. The van der Waals surface area contributed by atoms with Crippen molar-refractivity contribution >= 4 is 17.5 Å². The molecule has 0 spiro atoms. The fourth-order valence-corrected chi connectivity index (χ4v) is 5.33. The van der Waals surface area contributed by atoms with Crippen LogP contribution in [0.3, 0.4) is 0 Å². The summed E-state index contributed by atoms with van der Waals surface area (Å²) in [5.74, 6) is -2.57. The highest BCUT2D eigenvalue weighted by Crippen LogP contribution is 2.41. The van der Waals surface area contributed by atoms with Gasteiger partial charge in [-0.2, -0.15) is 5.10 Å². The Balaban J connectivity index is 1.69. The lowest BCUT2D eigenvalue weighted by molar-refractivity contribution is -0.160. The molecule has 9 nitrogen and oxygen atoms in total. The standard InChI is InChI=1S/C32H34F2N4O5/c1-16-9-10-19(12-22(16)33)15-35-30(39)24-14-25-36-18(3)26(29(31(40)41)43-32(4,5)6)27(38(25)37-24)21-13-23(34)28-20(17(21)2)8-7-11-42-28/h9-10,12-14,29H,7-8,11,15H2,1-6H3,(H,35,39)(H,40,41). The molecule has 0 saturated heterocycles. The Labute approximate surface area is 247 Å². The molecule has 2 aromatic carbocycles. The van der Waals surface area contributed by atoms with Gasteiger partial charge in [0.1, 0.15) is 5.82 Å². The average molecular weight is 593 g/mol. The van der Waals surface area contributed by atoms with Crippen LogP contribution in [0.25, 0.3) is 16.9 Å². The van der Waals surface area contributed by atoms with E-state index in [2.05, 4.69) is 15.4 Å². The second-order valence-electron chi connectivity index (χ2n) is 11.8. The van der Waals surface area contributed by atoms with Crippen LogP contribution in [0.2, 0.25) is 0 Å². The van der Waals surface area contributed by atoms with Crippen molar-refractivity contribution in [3.63, 3.8) is 0 Å². The first-order valence-corrected chi connectivity index (χ1v) is 14.0. The summed E-state index contributed by atoms with van der Waals surface area (Å²) in [5, 5.41) is 17.6. The van der Waals surface area contributed by atoms with Gasteiger partial charge in [0.15, 0.2) is 29.0 Å². The Morgan fingerprint density at radius 2 is 1.88 bits per heavy atom. The number of hydrogen-bond acceptors (Lipinski definition) is 6. The molecule has 43 heavy (non-hydrogen) atoms. The molecule has 0 saturated carbocycles. The summed E-state index contributed by atoms with van der Waals surface area (Å²) >= 11 is 0. The van der Waals surface area contributed by atoms with E-state index in [1.54, 1.807) is 46.8 Å². The van der Waals surface area contributed by atoms with Gasteiger partial charge >= 0.3 is 5.97 Å². The third-order valence-corrected chi connectivity index (χ3v) is 7.40. The molecule has 2 aromatic heterocycles. The molecule has 4 aromatic rings. The summed E-state index contributed by atoms with van der Waals surface area (Å²) in [7, 11) is 0. The number of nitrogens with zero attached hydrogens (tertiary/aromatic N) is 3. The lowest BCUT2D eigenvalue weighted by Crippen LogP contribution is -2.29. The Morgan fingerprint density at radius 1 is 1.14 bits per heavy atom.